The fraction of sp³-hybridized carbons (Fsp3) is 0.158. The summed E-state index contributed by atoms with van der Waals surface area (Å²) in [5, 5.41) is 3.40. The van der Waals surface area contributed by atoms with E-state index in [0.29, 0.717) is 5.13 Å². The number of nitrogens with one attached hydrogen (secondary N) is 1. The van der Waals surface area contributed by atoms with Crippen molar-refractivity contribution in [3.05, 3.63) is 70.4 Å². The van der Waals surface area contributed by atoms with Crippen LogP contribution in [-0.4, -0.2) is 10.9 Å². The summed E-state index contributed by atoms with van der Waals surface area (Å²) in [6.07, 6.45) is 0.193. The highest BCUT2D eigenvalue weighted by Crippen LogP contribution is 2.30. The summed E-state index contributed by atoms with van der Waals surface area (Å²) in [6.45, 7) is 4.03. The summed E-state index contributed by atoms with van der Waals surface area (Å²) in [7, 11) is 0. The predicted octanol–water partition coefficient (Wildman–Crippen LogP) is 4.75. The number of anilines is 1. The van der Waals surface area contributed by atoms with Crippen LogP contribution < -0.4 is 5.32 Å². The number of hydrogen-bond donors (Lipinski definition) is 1. The van der Waals surface area contributed by atoms with E-state index in [0.717, 1.165) is 21.7 Å². The van der Waals surface area contributed by atoms with Crippen molar-refractivity contribution in [2.24, 2.45) is 0 Å². The Morgan fingerprint density at radius 2 is 1.75 bits per heavy atom. The standard InChI is InChI=1S/C19H17FN2OS/c1-12-3-7-15(8-4-12)18-13(2)24-19(22-18)21-17(23)11-14-5-9-16(20)10-6-14/h3-10H,11H2,1-2H3,(H,21,22,23). The first-order chi connectivity index (χ1) is 11.5. The molecule has 24 heavy (non-hydrogen) atoms. The van der Waals surface area contributed by atoms with Gasteiger partial charge in [0.15, 0.2) is 5.13 Å². The van der Waals surface area contributed by atoms with E-state index in [-0.39, 0.29) is 18.1 Å². The zero-order valence-electron chi connectivity index (χ0n) is 13.5. The van der Waals surface area contributed by atoms with Gasteiger partial charge in [0.25, 0.3) is 0 Å². The third kappa shape index (κ3) is 3.86. The van der Waals surface area contributed by atoms with Gasteiger partial charge in [-0.25, -0.2) is 9.37 Å². The highest BCUT2D eigenvalue weighted by Gasteiger charge is 2.12. The highest BCUT2D eigenvalue weighted by molar-refractivity contribution is 7.16. The molecule has 3 rings (SSSR count). The SMILES string of the molecule is Cc1ccc(-c2nc(NC(=O)Cc3ccc(F)cc3)sc2C)cc1. The van der Waals surface area contributed by atoms with Gasteiger partial charge in [-0.1, -0.05) is 42.0 Å². The minimum atomic E-state index is -0.308. The van der Waals surface area contributed by atoms with Gasteiger partial charge in [0.05, 0.1) is 12.1 Å². The fourth-order valence-electron chi connectivity index (χ4n) is 2.38. The van der Waals surface area contributed by atoms with E-state index < -0.39 is 0 Å². The first-order valence-corrected chi connectivity index (χ1v) is 8.41. The van der Waals surface area contributed by atoms with Crippen LogP contribution in [0.25, 0.3) is 11.3 Å². The summed E-state index contributed by atoms with van der Waals surface area (Å²) in [4.78, 5) is 17.7. The molecular weight excluding hydrogens is 323 g/mol. The van der Waals surface area contributed by atoms with E-state index >= 15 is 0 Å². The van der Waals surface area contributed by atoms with Crippen LogP contribution in [0.4, 0.5) is 9.52 Å². The molecule has 0 spiro atoms. The van der Waals surface area contributed by atoms with Crippen molar-refractivity contribution in [1.29, 1.82) is 0 Å². The molecule has 0 radical (unpaired) electrons. The van der Waals surface area contributed by atoms with Crippen molar-refractivity contribution in [2.45, 2.75) is 20.3 Å². The summed E-state index contributed by atoms with van der Waals surface area (Å²) < 4.78 is 12.9. The van der Waals surface area contributed by atoms with Crippen LogP contribution in [0.15, 0.2) is 48.5 Å². The zero-order valence-corrected chi connectivity index (χ0v) is 14.3. The number of carbonyl (C=O) groups is 1. The molecule has 1 aromatic heterocycles. The third-order valence-electron chi connectivity index (χ3n) is 3.65. The van der Waals surface area contributed by atoms with Crippen LogP contribution in [-0.2, 0) is 11.2 Å². The van der Waals surface area contributed by atoms with Gasteiger partial charge in [0.1, 0.15) is 5.82 Å². The van der Waals surface area contributed by atoms with Gasteiger partial charge < -0.3 is 5.32 Å². The number of halogens is 1. The lowest BCUT2D eigenvalue weighted by Crippen LogP contribution is -2.14. The van der Waals surface area contributed by atoms with Gasteiger partial charge in [0.2, 0.25) is 5.91 Å². The van der Waals surface area contributed by atoms with Crippen molar-refractivity contribution in [1.82, 2.24) is 4.98 Å². The zero-order chi connectivity index (χ0) is 17.1. The highest BCUT2D eigenvalue weighted by atomic mass is 32.1. The first-order valence-electron chi connectivity index (χ1n) is 7.60. The molecule has 3 aromatic rings. The van der Waals surface area contributed by atoms with Gasteiger partial charge in [0, 0.05) is 10.4 Å². The fourth-order valence-corrected chi connectivity index (χ4v) is 3.23. The third-order valence-corrected chi connectivity index (χ3v) is 4.53. The van der Waals surface area contributed by atoms with Crippen LogP contribution in [0.3, 0.4) is 0 Å². The van der Waals surface area contributed by atoms with Crippen molar-refractivity contribution >= 4 is 22.4 Å². The molecule has 0 bridgehead atoms. The molecular formula is C19H17FN2OS. The van der Waals surface area contributed by atoms with Gasteiger partial charge in [-0.3, -0.25) is 4.79 Å². The minimum absolute atomic E-state index is 0.161. The van der Waals surface area contributed by atoms with Gasteiger partial charge >= 0.3 is 0 Å². The summed E-state index contributed by atoms with van der Waals surface area (Å²) >= 11 is 1.45. The van der Waals surface area contributed by atoms with Crippen LogP contribution in [0.5, 0.6) is 0 Å². The Labute approximate surface area is 144 Å². The maximum Gasteiger partial charge on any atom is 0.230 e. The minimum Gasteiger partial charge on any atom is -0.302 e. The first kappa shape index (κ1) is 16.3. The Morgan fingerprint density at radius 3 is 2.42 bits per heavy atom. The van der Waals surface area contributed by atoms with Crippen molar-refractivity contribution < 1.29 is 9.18 Å². The van der Waals surface area contributed by atoms with E-state index in [1.807, 2.05) is 38.1 Å². The van der Waals surface area contributed by atoms with E-state index in [4.69, 9.17) is 0 Å². The second kappa shape index (κ2) is 6.93. The number of rotatable bonds is 4. The Kier molecular flexibility index (Phi) is 4.71. The monoisotopic (exact) mass is 340 g/mol. The number of benzene rings is 2. The van der Waals surface area contributed by atoms with Crippen LogP contribution >= 0.6 is 11.3 Å². The molecule has 0 unspecified atom stereocenters. The molecule has 1 heterocycles. The van der Waals surface area contributed by atoms with Crippen LogP contribution in [0, 0.1) is 19.7 Å². The van der Waals surface area contributed by atoms with E-state index in [1.165, 1.54) is 29.0 Å². The molecule has 1 amide bonds. The maximum atomic E-state index is 12.9. The Hall–Kier alpha value is -2.53. The average Bonchev–Trinajstić information content (AvgIpc) is 2.90. The van der Waals surface area contributed by atoms with Crippen molar-refractivity contribution in [3.63, 3.8) is 0 Å². The molecule has 0 saturated carbocycles. The topological polar surface area (TPSA) is 42.0 Å². The number of carbonyl (C=O) groups excluding carboxylic acids is 1. The molecule has 0 fully saturated rings. The lowest BCUT2D eigenvalue weighted by molar-refractivity contribution is -0.115. The lowest BCUT2D eigenvalue weighted by atomic mass is 10.1. The molecule has 0 aliphatic carbocycles. The van der Waals surface area contributed by atoms with E-state index in [2.05, 4.69) is 10.3 Å². The van der Waals surface area contributed by atoms with Crippen LogP contribution in [0.2, 0.25) is 0 Å². The normalized spacial score (nSPS) is 10.6. The molecule has 2 aromatic carbocycles. The number of aromatic nitrogens is 1. The number of aryl methyl sites for hydroxylation is 2. The second-order valence-corrected chi connectivity index (χ2v) is 6.84. The van der Waals surface area contributed by atoms with Crippen LogP contribution in [0.1, 0.15) is 16.0 Å². The summed E-state index contributed by atoms with van der Waals surface area (Å²) in [5.41, 5.74) is 3.88. The van der Waals surface area contributed by atoms with Crippen molar-refractivity contribution in [3.8, 4) is 11.3 Å². The molecule has 0 aliphatic heterocycles. The number of hydrogen-bond acceptors (Lipinski definition) is 3. The number of thiazole rings is 1. The number of amides is 1. The Balaban J connectivity index is 1.71. The molecule has 0 aliphatic rings. The second-order valence-electron chi connectivity index (χ2n) is 5.64. The quantitative estimate of drug-likeness (QED) is 0.745. The largest absolute Gasteiger partial charge is 0.302 e. The molecule has 0 saturated heterocycles. The summed E-state index contributed by atoms with van der Waals surface area (Å²) in [5.74, 6) is -0.469. The molecule has 5 heteroatoms. The predicted molar refractivity (Wildman–Crippen MR) is 95.8 cm³/mol. The maximum absolute atomic E-state index is 12.9. The van der Waals surface area contributed by atoms with Gasteiger partial charge in [-0.2, -0.15) is 0 Å². The lowest BCUT2D eigenvalue weighted by Gasteiger charge is -2.02. The summed E-state index contributed by atoms with van der Waals surface area (Å²) in [6, 6.07) is 14.1. The van der Waals surface area contributed by atoms with E-state index in [1.54, 1.807) is 12.1 Å². The van der Waals surface area contributed by atoms with Crippen molar-refractivity contribution in [2.75, 3.05) is 5.32 Å². The molecule has 122 valence electrons. The van der Waals surface area contributed by atoms with E-state index in [9.17, 15) is 9.18 Å². The van der Waals surface area contributed by atoms with Gasteiger partial charge in [-0.05, 0) is 31.5 Å². The molecule has 0 atom stereocenters. The molecule has 1 N–H and O–H groups in total. The Bertz CT molecular complexity index is 854. The Morgan fingerprint density at radius 1 is 1.08 bits per heavy atom. The number of nitrogens with zero attached hydrogens (tertiary/aromatic N) is 1. The van der Waals surface area contributed by atoms with Gasteiger partial charge in [-0.15, -0.1) is 11.3 Å². The molecule has 3 nitrogen and oxygen atoms in total. The average molecular weight is 340 g/mol. The smallest absolute Gasteiger partial charge is 0.230 e.